The standard InChI is InChI=1S/C22H27N5O2/c1-25(18-10-3-2-4-11-18)15-17-9-5-6-12-19(17)23-21(28)16-27-22(29)26-14-8-7-13-20(26)24-27/h5-9,12-14,18H,2-4,10-11,15-16H2,1H3,(H,23,28). The third kappa shape index (κ3) is 4.40. The molecule has 0 unspecified atom stereocenters. The van der Waals surface area contributed by atoms with Gasteiger partial charge in [0.05, 0.1) is 0 Å². The van der Waals surface area contributed by atoms with Crippen molar-refractivity contribution in [2.24, 2.45) is 0 Å². The molecule has 0 atom stereocenters. The maximum atomic E-state index is 12.6. The fraction of sp³-hybridized carbons (Fsp3) is 0.409. The zero-order valence-electron chi connectivity index (χ0n) is 16.8. The quantitative estimate of drug-likeness (QED) is 0.699. The Balaban J connectivity index is 1.45. The maximum Gasteiger partial charge on any atom is 0.350 e. The summed E-state index contributed by atoms with van der Waals surface area (Å²) in [6.07, 6.45) is 8.04. The minimum absolute atomic E-state index is 0.118. The van der Waals surface area contributed by atoms with Crippen LogP contribution in [0.3, 0.4) is 0 Å². The number of hydrogen-bond donors (Lipinski definition) is 1. The minimum Gasteiger partial charge on any atom is -0.324 e. The van der Waals surface area contributed by atoms with Crippen molar-refractivity contribution in [2.75, 3.05) is 12.4 Å². The normalized spacial score (nSPS) is 15.1. The lowest BCUT2D eigenvalue weighted by Crippen LogP contribution is -2.33. The zero-order valence-corrected chi connectivity index (χ0v) is 16.8. The molecule has 0 bridgehead atoms. The van der Waals surface area contributed by atoms with Crippen molar-refractivity contribution in [1.82, 2.24) is 19.1 Å². The average molecular weight is 393 g/mol. The van der Waals surface area contributed by atoms with Crippen molar-refractivity contribution in [3.8, 4) is 0 Å². The second kappa shape index (κ2) is 8.61. The van der Waals surface area contributed by atoms with Crippen LogP contribution in [-0.2, 0) is 17.9 Å². The molecule has 29 heavy (non-hydrogen) atoms. The Hall–Kier alpha value is -2.93. The van der Waals surface area contributed by atoms with Gasteiger partial charge in [-0.2, -0.15) is 0 Å². The van der Waals surface area contributed by atoms with Gasteiger partial charge in [-0.05, 0) is 43.7 Å². The highest BCUT2D eigenvalue weighted by molar-refractivity contribution is 5.91. The van der Waals surface area contributed by atoms with Crippen LogP contribution < -0.4 is 11.0 Å². The number of aromatic nitrogens is 3. The van der Waals surface area contributed by atoms with Crippen molar-refractivity contribution in [3.05, 3.63) is 64.7 Å². The van der Waals surface area contributed by atoms with Crippen LogP contribution in [0.5, 0.6) is 0 Å². The van der Waals surface area contributed by atoms with E-state index < -0.39 is 0 Å². The van der Waals surface area contributed by atoms with Crippen LogP contribution in [-0.4, -0.2) is 38.1 Å². The SMILES string of the molecule is CN(Cc1ccccc1NC(=O)Cn1nc2ccccn2c1=O)C1CCCCC1. The summed E-state index contributed by atoms with van der Waals surface area (Å²) in [4.78, 5) is 27.4. The first-order valence-electron chi connectivity index (χ1n) is 10.2. The number of rotatable bonds is 6. The number of para-hydroxylation sites is 1. The highest BCUT2D eigenvalue weighted by Crippen LogP contribution is 2.24. The molecule has 0 aliphatic heterocycles. The van der Waals surface area contributed by atoms with Crippen LogP contribution >= 0.6 is 0 Å². The van der Waals surface area contributed by atoms with E-state index in [1.807, 2.05) is 30.3 Å². The average Bonchev–Trinajstić information content (AvgIpc) is 3.05. The number of carbonyl (C=O) groups excluding carboxylic acids is 1. The van der Waals surface area contributed by atoms with E-state index in [0.29, 0.717) is 11.7 Å². The number of nitrogens with zero attached hydrogens (tertiary/aromatic N) is 4. The smallest absolute Gasteiger partial charge is 0.324 e. The second-order valence-corrected chi connectivity index (χ2v) is 7.78. The zero-order chi connectivity index (χ0) is 20.2. The molecular formula is C22H27N5O2. The summed E-state index contributed by atoms with van der Waals surface area (Å²) >= 11 is 0. The molecule has 2 heterocycles. The Morgan fingerprint density at radius 3 is 2.69 bits per heavy atom. The molecule has 1 aliphatic carbocycles. The minimum atomic E-state index is -0.318. The van der Waals surface area contributed by atoms with Gasteiger partial charge in [-0.3, -0.25) is 14.1 Å². The number of amides is 1. The van der Waals surface area contributed by atoms with Crippen molar-refractivity contribution < 1.29 is 4.79 Å². The third-order valence-corrected chi connectivity index (χ3v) is 5.69. The van der Waals surface area contributed by atoms with E-state index in [4.69, 9.17) is 0 Å². The monoisotopic (exact) mass is 393 g/mol. The molecule has 2 aromatic heterocycles. The van der Waals surface area contributed by atoms with Crippen molar-refractivity contribution in [3.63, 3.8) is 0 Å². The fourth-order valence-electron chi connectivity index (χ4n) is 4.10. The number of fused-ring (bicyclic) bond motifs is 1. The lowest BCUT2D eigenvalue weighted by atomic mass is 9.94. The maximum absolute atomic E-state index is 12.6. The Morgan fingerprint density at radius 1 is 1.14 bits per heavy atom. The predicted octanol–water partition coefficient (Wildman–Crippen LogP) is 2.90. The van der Waals surface area contributed by atoms with E-state index in [9.17, 15) is 9.59 Å². The number of benzene rings is 1. The molecule has 0 radical (unpaired) electrons. The molecule has 7 heteroatoms. The molecule has 1 N–H and O–H groups in total. The fourth-order valence-corrected chi connectivity index (χ4v) is 4.10. The Morgan fingerprint density at radius 2 is 1.90 bits per heavy atom. The van der Waals surface area contributed by atoms with Crippen LogP contribution in [0.15, 0.2) is 53.5 Å². The second-order valence-electron chi connectivity index (χ2n) is 7.78. The van der Waals surface area contributed by atoms with Crippen LogP contribution in [0.1, 0.15) is 37.7 Å². The molecule has 0 saturated heterocycles. The van der Waals surface area contributed by atoms with Gasteiger partial charge in [-0.15, -0.1) is 5.10 Å². The van der Waals surface area contributed by atoms with Gasteiger partial charge in [-0.1, -0.05) is 43.5 Å². The van der Waals surface area contributed by atoms with E-state index in [2.05, 4.69) is 22.4 Å². The molecule has 0 spiro atoms. The Bertz CT molecular complexity index is 1050. The molecular weight excluding hydrogens is 366 g/mol. The summed E-state index contributed by atoms with van der Waals surface area (Å²) in [5.41, 5.74) is 2.08. The lowest BCUT2D eigenvalue weighted by Gasteiger charge is -2.31. The van der Waals surface area contributed by atoms with Crippen molar-refractivity contribution in [2.45, 2.75) is 51.2 Å². The molecule has 3 aromatic rings. The lowest BCUT2D eigenvalue weighted by molar-refractivity contribution is -0.117. The number of hydrogen-bond acceptors (Lipinski definition) is 4. The van der Waals surface area contributed by atoms with E-state index in [0.717, 1.165) is 17.8 Å². The van der Waals surface area contributed by atoms with Crippen LogP contribution in [0, 0.1) is 0 Å². The van der Waals surface area contributed by atoms with Gasteiger partial charge in [0.1, 0.15) is 6.54 Å². The molecule has 1 aliphatic rings. The van der Waals surface area contributed by atoms with Crippen LogP contribution in [0.2, 0.25) is 0 Å². The number of anilines is 1. The van der Waals surface area contributed by atoms with Gasteiger partial charge in [0.15, 0.2) is 5.65 Å². The summed E-state index contributed by atoms with van der Waals surface area (Å²) in [6.45, 7) is 0.669. The molecule has 152 valence electrons. The summed E-state index contributed by atoms with van der Waals surface area (Å²) < 4.78 is 2.63. The van der Waals surface area contributed by atoms with Crippen LogP contribution in [0.4, 0.5) is 5.69 Å². The first kappa shape index (κ1) is 19.4. The predicted molar refractivity (Wildman–Crippen MR) is 113 cm³/mol. The summed E-state index contributed by atoms with van der Waals surface area (Å²) in [5, 5.41) is 7.19. The molecule has 1 saturated carbocycles. The van der Waals surface area contributed by atoms with Gasteiger partial charge >= 0.3 is 5.69 Å². The summed E-state index contributed by atoms with van der Waals surface area (Å²) in [7, 11) is 2.16. The van der Waals surface area contributed by atoms with Crippen molar-refractivity contribution in [1.29, 1.82) is 0 Å². The van der Waals surface area contributed by atoms with Gasteiger partial charge < -0.3 is 5.32 Å². The first-order chi connectivity index (χ1) is 14.1. The van der Waals surface area contributed by atoms with E-state index in [1.165, 1.54) is 41.2 Å². The van der Waals surface area contributed by atoms with Gasteiger partial charge in [0.2, 0.25) is 5.91 Å². The Kier molecular flexibility index (Phi) is 5.76. The summed E-state index contributed by atoms with van der Waals surface area (Å²) in [5.74, 6) is -0.261. The van der Waals surface area contributed by atoms with Gasteiger partial charge in [0.25, 0.3) is 0 Å². The number of carbonyl (C=O) groups is 1. The molecule has 4 rings (SSSR count). The summed E-state index contributed by atoms with van der Waals surface area (Å²) in [6, 6.07) is 13.8. The topological polar surface area (TPSA) is 71.6 Å². The molecule has 1 fully saturated rings. The van der Waals surface area contributed by atoms with Gasteiger partial charge in [-0.25, -0.2) is 9.48 Å². The van der Waals surface area contributed by atoms with Gasteiger partial charge in [0, 0.05) is 24.5 Å². The Labute approximate surface area is 170 Å². The number of pyridine rings is 1. The highest BCUT2D eigenvalue weighted by atomic mass is 16.2. The third-order valence-electron chi connectivity index (χ3n) is 5.69. The molecule has 1 amide bonds. The first-order valence-corrected chi connectivity index (χ1v) is 10.2. The van der Waals surface area contributed by atoms with E-state index in [-0.39, 0.29) is 18.1 Å². The molecule has 7 nitrogen and oxygen atoms in total. The van der Waals surface area contributed by atoms with Crippen molar-refractivity contribution >= 4 is 17.2 Å². The van der Waals surface area contributed by atoms with E-state index >= 15 is 0 Å². The number of nitrogens with one attached hydrogen (secondary N) is 1. The van der Waals surface area contributed by atoms with Crippen LogP contribution in [0.25, 0.3) is 5.65 Å². The molecule has 1 aromatic carbocycles. The highest BCUT2D eigenvalue weighted by Gasteiger charge is 2.19. The largest absolute Gasteiger partial charge is 0.350 e. The van der Waals surface area contributed by atoms with E-state index in [1.54, 1.807) is 18.3 Å².